The number of rotatable bonds is 1. The van der Waals surface area contributed by atoms with Gasteiger partial charge in [-0.1, -0.05) is 0 Å². The molecule has 1 aliphatic heterocycles. The Bertz CT molecular complexity index is 557. The van der Waals surface area contributed by atoms with Crippen LogP contribution in [0.25, 0.3) is 0 Å². The van der Waals surface area contributed by atoms with Crippen LogP contribution >= 0.6 is 0 Å². The highest BCUT2D eigenvalue weighted by molar-refractivity contribution is 5.69. The number of carbonyl (C=O) groups excluding carboxylic acids is 1. The van der Waals surface area contributed by atoms with Crippen molar-refractivity contribution in [1.29, 1.82) is 0 Å². The number of halogens is 1. The maximum absolute atomic E-state index is 14.1. The van der Waals surface area contributed by atoms with Crippen LogP contribution in [0.15, 0.2) is 18.2 Å². The maximum atomic E-state index is 14.1. The molecular formula is C16H24FN3O2. The van der Waals surface area contributed by atoms with Crippen molar-refractivity contribution < 1.29 is 13.9 Å². The highest BCUT2D eigenvalue weighted by Gasteiger charge is 2.30. The summed E-state index contributed by atoms with van der Waals surface area (Å²) in [6.07, 6.45) is -0.322. The van der Waals surface area contributed by atoms with E-state index in [1.165, 1.54) is 6.07 Å². The molecule has 1 atom stereocenters. The zero-order valence-electron chi connectivity index (χ0n) is 13.6. The summed E-state index contributed by atoms with van der Waals surface area (Å²) in [6.45, 7) is 9.05. The Hall–Kier alpha value is -1.98. The lowest BCUT2D eigenvalue weighted by Crippen LogP contribution is -2.54. The average Bonchev–Trinajstić information content (AvgIpc) is 2.37. The molecule has 2 N–H and O–H groups in total. The fraction of sp³-hybridized carbons (Fsp3) is 0.562. The van der Waals surface area contributed by atoms with Gasteiger partial charge in [-0.15, -0.1) is 0 Å². The Labute approximate surface area is 130 Å². The van der Waals surface area contributed by atoms with Crippen LogP contribution in [0.1, 0.15) is 27.7 Å². The summed E-state index contributed by atoms with van der Waals surface area (Å²) < 4.78 is 19.4. The summed E-state index contributed by atoms with van der Waals surface area (Å²) in [5.41, 5.74) is 5.99. The summed E-state index contributed by atoms with van der Waals surface area (Å²) in [6, 6.07) is 4.69. The first kappa shape index (κ1) is 16.4. The third kappa shape index (κ3) is 3.81. The molecule has 0 radical (unpaired) electrons. The first-order chi connectivity index (χ1) is 10.2. The van der Waals surface area contributed by atoms with Gasteiger partial charge >= 0.3 is 6.09 Å². The number of nitrogen functional groups attached to an aromatic ring is 1. The second-order valence-corrected chi connectivity index (χ2v) is 6.68. The van der Waals surface area contributed by atoms with Crippen LogP contribution in [-0.2, 0) is 4.74 Å². The van der Waals surface area contributed by atoms with Crippen molar-refractivity contribution in [3.63, 3.8) is 0 Å². The lowest BCUT2D eigenvalue weighted by atomic mass is 10.1. The Morgan fingerprint density at radius 3 is 2.59 bits per heavy atom. The first-order valence-corrected chi connectivity index (χ1v) is 7.47. The Balaban J connectivity index is 2.05. The Kier molecular flexibility index (Phi) is 4.49. The van der Waals surface area contributed by atoms with Gasteiger partial charge in [0.2, 0.25) is 0 Å². The van der Waals surface area contributed by atoms with Gasteiger partial charge in [-0.05, 0) is 45.9 Å². The normalized spacial score (nSPS) is 19.2. The van der Waals surface area contributed by atoms with Gasteiger partial charge in [-0.25, -0.2) is 9.18 Å². The smallest absolute Gasteiger partial charge is 0.410 e. The van der Waals surface area contributed by atoms with E-state index < -0.39 is 5.60 Å². The van der Waals surface area contributed by atoms with Crippen LogP contribution in [0.5, 0.6) is 0 Å². The van der Waals surface area contributed by atoms with E-state index in [1.54, 1.807) is 17.0 Å². The van der Waals surface area contributed by atoms with E-state index in [2.05, 4.69) is 0 Å². The van der Waals surface area contributed by atoms with Crippen molar-refractivity contribution in [3.05, 3.63) is 24.0 Å². The SMILES string of the molecule is C[C@H]1CN(C(=O)OC(C)(C)C)CCN1c1ccc(N)cc1F. The number of ether oxygens (including phenoxy) is 1. The van der Waals surface area contributed by atoms with E-state index in [0.29, 0.717) is 31.0 Å². The number of anilines is 2. The van der Waals surface area contributed by atoms with Crippen LogP contribution in [0.3, 0.4) is 0 Å². The van der Waals surface area contributed by atoms with Crippen molar-refractivity contribution in [2.45, 2.75) is 39.3 Å². The second kappa shape index (κ2) is 6.02. The van der Waals surface area contributed by atoms with Gasteiger partial charge < -0.3 is 20.3 Å². The van der Waals surface area contributed by atoms with Gasteiger partial charge in [-0.3, -0.25) is 0 Å². The molecule has 0 bridgehead atoms. The number of amides is 1. The molecule has 1 aromatic rings. The molecule has 1 saturated heterocycles. The number of benzene rings is 1. The number of hydrogen-bond acceptors (Lipinski definition) is 4. The van der Waals surface area contributed by atoms with Gasteiger partial charge in [0.05, 0.1) is 5.69 Å². The van der Waals surface area contributed by atoms with Crippen LogP contribution in [0, 0.1) is 5.82 Å². The van der Waals surface area contributed by atoms with Gasteiger partial charge in [0.15, 0.2) is 0 Å². The molecule has 1 heterocycles. The summed E-state index contributed by atoms with van der Waals surface area (Å²) >= 11 is 0. The summed E-state index contributed by atoms with van der Waals surface area (Å²) in [4.78, 5) is 15.7. The minimum absolute atomic E-state index is 0.000562. The third-order valence-corrected chi connectivity index (χ3v) is 3.56. The monoisotopic (exact) mass is 309 g/mol. The van der Waals surface area contributed by atoms with Crippen molar-refractivity contribution >= 4 is 17.5 Å². The molecule has 6 heteroatoms. The highest BCUT2D eigenvalue weighted by atomic mass is 19.1. The van der Waals surface area contributed by atoms with E-state index in [4.69, 9.17) is 10.5 Å². The van der Waals surface area contributed by atoms with Crippen LogP contribution in [0.2, 0.25) is 0 Å². The van der Waals surface area contributed by atoms with Crippen molar-refractivity contribution in [2.24, 2.45) is 0 Å². The van der Waals surface area contributed by atoms with Gasteiger partial charge in [0.1, 0.15) is 11.4 Å². The molecule has 0 spiro atoms. The minimum Gasteiger partial charge on any atom is -0.444 e. The molecule has 1 aromatic carbocycles. The van der Waals surface area contributed by atoms with Gasteiger partial charge in [-0.2, -0.15) is 0 Å². The Morgan fingerprint density at radius 2 is 2.05 bits per heavy atom. The lowest BCUT2D eigenvalue weighted by molar-refractivity contribution is 0.0218. The van der Waals surface area contributed by atoms with Gasteiger partial charge in [0.25, 0.3) is 0 Å². The molecule has 1 fully saturated rings. The molecule has 0 saturated carbocycles. The largest absolute Gasteiger partial charge is 0.444 e. The molecule has 1 amide bonds. The molecule has 5 nitrogen and oxygen atoms in total. The molecule has 0 aromatic heterocycles. The number of piperazine rings is 1. The average molecular weight is 309 g/mol. The number of nitrogens with zero attached hydrogens (tertiary/aromatic N) is 2. The Morgan fingerprint density at radius 1 is 1.36 bits per heavy atom. The third-order valence-electron chi connectivity index (χ3n) is 3.56. The summed E-state index contributed by atoms with van der Waals surface area (Å²) in [5, 5.41) is 0. The molecule has 122 valence electrons. The zero-order valence-corrected chi connectivity index (χ0v) is 13.6. The predicted octanol–water partition coefficient (Wildman–Crippen LogP) is 2.85. The molecule has 1 aliphatic rings. The standard InChI is InChI=1S/C16H24FN3O2/c1-11-10-19(15(21)22-16(2,3)4)7-8-20(11)14-6-5-12(18)9-13(14)17/h5-6,9,11H,7-8,10,18H2,1-4H3/t11-/m0/s1. The fourth-order valence-electron chi connectivity index (χ4n) is 2.56. The quantitative estimate of drug-likeness (QED) is 0.810. The maximum Gasteiger partial charge on any atom is 0.410 e. The number of hydrogen-bond donors (Lipinski definition) is 1. The van der Waals surface area contributed by atoms with Crippen molar-refractivity contribution in [2.75, 3.05) is 30.3 Å². The molecule has 0 aliphatic carbocycles. The van der Waals surface area contributed by atoms with E-state index in [-0.39, 0.29) is 18.0 Å². The highest BCUT2D eigenvalue weighted by Crippen LogP contribution is 2.26. The van der Waals surface area contributed by atoms with Crippen molar-refractivity contribution in [1.82, 2.24) is 4.90 Å². The van der Waals surface area contributed by atoms with Crippen molar-refractivity contribution in [3.8, 4) is 0 Å². The second-order valence-electron chi connectivity index (χ2n) is 6.68. The van der Waals surface area contributed by atoms with E-state index in [0.717, 1.165) is 0 Å². The predicted molar refractivity (Wildman–Crippen MR) is 85.4 cm³/mol. The molecule has 0 unspecified atom stereocenters. The summed E-state index contributed by atoms with van der Waals surface area (Å²) in [7, 11) is 0. The van der Waals surface area contributed by atoms with Crippen LogP contribution in [-0.4, -0.2) is 42.3 Å². The number of carbonyl (C=O) groups is 1. The minimum atomic E-state index is -0.513. The van der Waals surface area contributed by atoms with Crippen LogP contribution < -0.4 is 10.6 Å². The van der Waals surface area contributed by atoms with Crippen LogP contribution in [0.4, 0.5) is 20.6 Å². The lowest BCUT2D eigenvalue weighted by Gasteiger charge is -2.41. The zero-order chi connectivity index (χ0) is 16.5. The first-order valence-electron chi connectivity index (χ1n) is 7.47. The molecule has 22 heavy (non-hydrogen) atoms. The van der Waals surface area contributed by atoms with E-state index >= 15 is 0 Å². The van der Waals surface area contributed by atoms with E-state index in [1.807, 2.05) is 32.6 Å². The number of nitrogens with two attached hydrogens (primary N) is 1. The molecular weight excluding hydrogens is 285 g/mol. The summed E-state index contributed by atoms with van der Waals surface area (Å²) in [5.74, 6) is -0.336. The fourth-order valence-corrected chi connectivity index (χ4v) is 2.56. The van der Waals surface area contributed by atoms with E-state index in [9.17, 15) is 9.18 Å². The van der Waals surface area contributed by atoms with Gasteiger partial charge in [0, 0.05) is 31.4 Å². The topological polar surface area (TPSA) is 58.8 Å². The molecule has 2 rings (SSSR count).